The van der Waals surface area contributed by atoms with Crippen LogP contribution in [0.15, 0.2) is 66.7 Å². The number of carbonyl (C=O) groups is 2. The Bertz CT molecular complexity index is 1500. The van der Waals surface area contributed by atoms with Crippen LogP contribution in [0.2, 0.25) is 15.1 Å². The van der Waals surface area contributed by atoms with Crippen LogP contribution in [-0.2, 0) is 32.6 Å². The first-order valence-electron chi connectivity index (χ1n) is 13.2. The van der Waals surface area contributed by atoms with Crippen molar-refractivity contribution in [2.45, 2.75) is 32.9 Å². The van der Waals surface area contributed by atoms with Gasteiger partial charge in [-0.1, -0.05) is 85.0 Å². The van der Waals surface area contributed by atoms with E-state index in [0.717, 1.165) is 16.1 Å². The molecule has 0 aromatic heterocycles. The van der Waals surface area contributed by atoms with Crippen molar-refractivity contribution in [3.8, 4) is 5.75 Å². The molecule has 0 bridgehead atoms. The van der Waals surface area contributed by atoms with Gasteiger partial charge in [0.2, 0.25) is 21.8 Å². The summed E-state index contributed by atoms with van der Waals surface area (Å²) in [5, 5.41) is 3.82. The molecule has 226 valence electrons. The van der Waals surface area contributed by atoms with Crippen LogP contribution in [0.5, 0.6) is 5.75 Å². The van der Waals surface area contributed by atoms with Crippen LogP contribution in [-0.4, -0.2) is 57.6 Å². The van der Waals surface area contributed by atoms with E-state index >= 15 is 0 Å². The summed E-state index contributed by atoms with van der Waals surface area (Å²) >= 11 is 18.6. The first-order valence-corrected chi connectivity index (χ1v) is 16.1. The molecule has 0 fully saturated rings. The van der Waals surface area contributed by atoms with Gasteiger partial charge < -0.3 is 15.0 Å². The number of benzene rings is 3. The molecule has 2 amide bonds. The quantitative estimate of drug-likeness (QED) is 0.250. The maximum Gasteiger partial charge on any atom is 0.244 e. The van der Waals surface area contributed by atoms with Crippen LogP contribution in [0.25, 0.3) is 0 Å². The zero-order chi connectivity index (χ0) is 31.0. The third kappa shape index (κ3) is 9.26. The highest BCUT2D eigenvalue weighted by molar-refractivity contribution is 7.92. The molecule has 42 heavy (non-hydrogen) atoms. The number of sulfonamides is 1. The summed E-state index contributed by atoms with van der Waals surface area (Å²) in [5.41, 5.74) is 1.53. The average molecular weight is 655 g/mol. The zero-order valence-corrected chi connectivity index (χ0v) is 26.9. The lowest BCUT2D eigenvalue weighted by Crippen LogP contribution is -2.53. The normalized spacial score (nSPS) is 12.1. The number of amides is 2. The Hall–Kier alpha value is -2.98. The van der Waals surface area contributed by atoms with E-state index in [4.69, 9.17) is 39.5 Å². The van der Waals surface area contributed by atoms with Gasteiger partial charge in [-0.2, -0.15) is 0 Å². The molecule has 12 heteroatoms. The average Bonchev–Trinajstić information content (AvgIpc) is 2.94. The van der Waals surface area contributed by atoms with E-state index in [0.29, 0.717) is 17.1 Å². The Morgan fingerprint density at radius 1 is 0.929 bits per heavy atom. The SMILES string of the molecule is COc1ccc(Cl)cc1N(CC(=O)N(Cc1ccc(Cl)c(Cl)c1)[C@H](Cc1ccccc1)C(=O)NCC(C)C)S(C)(=O)=O. The Labute approximate surface area is 262 Å². The fourth-order valence-electron chi connectivity index (χ4n) is 4.26. The molecule has 1 N–H and O–H groups in total. The number of methoxy groups -OCH3 is 1. The minimum Gasteiger partial charge on any atom is -0.495 e. The number of hydrogen-bond donors (Lipinski definition) is 1. The number of ether oxygens (including phenoxy) is 1. The van der Waals surface area contributed by atoms with Crippen molar-refractivity contribution in [1.29, 1.82) is 0 Å². The Morgan fingerprint density at radius 2 is 1.62 bits per heavy atom. The molecule has 0 aliphatic heterocycles. The fourth-order valence-corrected chi connectivity index (χ4v) is 5.60. The summed E-state index contributed by atoms with van der Waals surface area (Å²) in [6.45, 7) is 3.68. The van der Waals surface area contributed by atoms with Gasteiger partial charge in [-0.05, 0) is 47.4 Å². The number of hydrogen-bond acceptors (Lipinski definition) is 5. The third-order valence-corrected chi connectivity index (χ3v) is 8.48. The summed E-state index contributed by atoms with van der Waals surface area (Å²) in [6, 6.07) is 17.7. The van der Waals surface area contributed by atoms with Crippen molar-refractivity contribution in [2.75, 3.05) is 30.8 Å². The molecule has 0 radical (unpaired) electrons. The summed E-state index contributed by atoms with van der Waals surface area (Å²) < 4.78 is 32.4. The van der Waals surface area contributed by atoms with E-state index < -0.39 is 28.5 Å². The van der Waals surface area contributed by atoms with E-state index in [9.17, 15) is 18.0 Å². The van der Waals surface area contributed by atoms with Crippen molar-refractivity contribution in [2.24, 2.45) is 5.92 Å². The van der Waals surface area contributed by atoms with E-state index in [-0.39, 0.29) is 46.3 Å². The Morgan fingerprint density at radius 3 is 2.21 bits per heavy atom. The first-order chi connectivity index (χ1) is 19.8. The fraction of sp³-hybridized carbons (Fsp3) is 0.333. The molecular weight excluding hydrogens is 621 g/mol. The molecule has 3 aromatic rings. The highest BCUT2D eigenvalue weighted by Crippen LogP contribution is 2.33. The predicted octanol–water partition coefficient (Wildman–Crippen LogP) is 5.83. The third-order valence-electron chi connectivity index (χ3n) is 6.38. The zero-order valence-electron chi connectivity index (χ0n) is 23.8. The molecule has 0 aliphatic rings. The molecule has 0 spiro atoms. The van der Waals surface area contributed by atoms with Crippen LogP contribution in [0, 0.1) is 5.92 Å². The second-order valence-corrected chi connectivity index (χ2v) is 13.4. The maximum absolute atomic E-state index is 14.2. The van der Waals surface area contributed by atoms with Gasteiger partial charge in [0.05, 0.1) is 29.1 Å². The highest BCUT2D eigenvalue weighted by Gasteiger charge is 2.34. The van der Waals surface area contributed by atoms with Gasteiger partial charge in [-0.15, -0.1) is 0 Å². The number of halogens is 3. The molecule has 3 rings (SSSR count). The molecule has 1 atom stereocenters. The number of rotatable bonds is 13. The van der Waals surface area contributed by atoms with Crippen LogP contribution in [0.1, 0.15) is 25.0 Å². The van der Waals surface area contributed by atoms with Crippen molar-refractivity contribution >= 4 is 62.3 Å². The molecule has 8 nitrogen and oxygen atoms in total. The second kappa shape index (κ2) is 15.0. The second-order valence-electron chi connectivity index (χ2n) is 10.2. The standard InChI is InChI=1S/C30H34Cl3N3O5S/c1-20(2)17-34-30(38)27(15-21-8-6-5-7-9-21)35(18-22-10-12-24(32)25(33)14-22)29(37)19-36(42(4,39)40)26-16-23(31)11-13-28(26)41-3/h5-14,16,20,27H,15,17-19H2,1-4H3,(H,34,38)/t27-/m1/s1. The Kier molecular flexibility index (Phi) is 11.9. The molecular formula is C30H34Cl3N3O5S. The molecule has 0 heterocycles. The van der Waals surface area contributed by atoms with Gasteiger partial charge in [0.1, 0.15) is 18.3 Å². The van der Waals surface area contributed by atoms with Crippen molar-refractivity contribution in [1.82, 2.24) is 10.2 Å². The summed E-state index contributed by atoms with van der Waals surface area (Å²) in [4.78, 5) is 29.3. The van der Waals surface area contributed by atoms with Crippen LogP contribution in [0.4, 0.5) is 5.69 Å². The maximum atomic E-state index is 14.2. The summed E-state index contributed by atoms with van der Waals surface area (Å²) in [5.74, 6) is -0.605. The minimum atomic E-state index is -4.00. The first kappa shape index (κ1) is 33.5. The van der Waals surface area contributed by atoms with Crippen molar-refractivity contribution < 1.29 is 22.7 Å². The van der Waals surface area contributed by atoms with Crippen LogP contribution < -0.4 is 14.4 Å². The number of anilines is 1. The summed E-state index contributed by atoms with van der Waals surface area (Å²) in [6.07, 6.45) is 1.18. The largest absolute Gasteiger partial charge is 0.495 e. The molecule has 0 saturated carbocycles. The lowest BCUT2D eigenvalue weighted by Gasteiger charge is -2.34. The van der Waals surface area contributed by atoms with Gasteiger partial charge in [0, 0.05) is 24.5 Å². The van der Waals surface area contributed by atoms with E-state index in [1.807, 2.05) is 44.2 Å². The van der Waals surface area contributed by atoms with Crippen molar-refractivity contribution in [3.63, 3.8) is 0 Å². The highest BCUT2D eigenvalue weighted by atomic mass is 35.5. The van der Waals surface area contributed by atoms with Gasteiger partial charge >= 0.3 is 0 Å². The molecule has 0 unspecified atom stereocenters. The monoisotopic (exact) mass is 653 g/mol. The predicted molar refractivity (Wildman–Crippen MR) is 169 cm³/mol. The van der Waals surface area contributed by atoms with Gasteiger partial charge in [0.25, 0.3) is 0 Å². The number of nitrogens with zero attached hydrogens (tertiary/aromatic N) is 2. The Balaban J connectivity index is 2.11. The van der Waals surface area contributed by atoms with Gasteiger partial charge in [-0.3, -0.25) is 13.9 Å². The molecule has 0 saturated heterocycles. The number of carbonyl (C=O) groups excluding carboxylic acids is 2. The smallest absolute Gasteiger partial charge is 0.244 e. The van der Waals surface area contributed by atoms with Gasteiger partial charge in [-0.25, -0.2) is 8.42 Å². The van der Waals surface area contributed by atoms with Crippen LogP contribution in [0.3, 0.4) is 0 Å². The van der Waals surface area contributed by atoms with E-state index in [1.54, 1.807) is 24.3 Å². The lowest BCUT2D eigenvalue weighted by molar-refractivity contribution is -0.140. The topological polar surface area (TPSA) is 96.0 Å². The molecule has 0 aliphatic carbocycles. The van der Waals surface area contributed by atoms with Gasteiger partial charge in [0.15, 0.2) is 0 Å². The molecule has 3 aromatic carbocycles. The minimum absolute atomic E-state index is 0.0351. The van der Waals surface area contributed by atoms with E-state index in [2.05, 4.69) is 5.32 Å². The van der Waals surface area contributed by atoms with E-state index in [1.165, 1.54) is 24.1 Å². The van der Waals surface area contributed by atoms with Crippen molar-refractivity contribution in [3.05, 3.63) is 92.9 Å². The van der Waals surface area contributed by atoms with Crippen LogP contribution >= 0.6 is 34.8 Å². The lowest BCUT2D eigenvalue weighted by atomic mass is 10.0. The summed E-state index contributed by atoms with van der Waals surface area (Å²) in [7, 11) is -2.61. The number of nitrogens with one attached hydrogen (secondary N) is 1.